The summed E-state index contributed by atoms with van der Waals surface area (Å²) in [7, 11) is 0. The molecule has 0 saturated carbocycles. The molecule has 0 spiro atoms. The van der Waals surface area contributed by atoms with Gasteiger partial charge in [-0.3, -0.25) is 0 Å². The number of carbonyl (C=O) groups is 1. The molecule has 3 heterocycles. The van der Waals surface area contributed by atoms with Gasteiger partial charge >= 0.3 is 5.97 Å². The number of carboxylic acid groups (broad SMARTS) is 1. The average Bonchev–Trinajstić information content (AvgIpc) is 3.22. The Morgan fingerprint density at radius 2 is 1.91 bits per heavy atom. The summed E-state index contributed by atoms with van der Waals surface area (Å²) >= 11 is 0. The predicted molar refractivity (Wildman–Crippen MR) is 80.7 cm³/mol. The Kier molecular flexibility index (Phi) is 2.87. The highest BCUT2D eigenvalue weighted by Crippen LogP contribution is 2.20. The highest BCUT2D eigenvalue weighted by atomic mass is 16.4. The number of carboxylic acids is 1. The van der Waals surface area contributed by atoms with Gasteiger partial charge in [-0.15, -0.1) is 0 Å². The summed E-state index contributed by atoms with van der Waals surface area (Å²) in [6, 6.07) is 11.0. The van der Waals surface area contributed by atoms with Gasteiger partial charge in [-0.1, -0.05) is 18.2 Å². The van der Waals surface area contributed by atoms with Crippen molar-refractivity contribution in [2.24, 2.45) is 0 Å². The lowest BCUT2D eigenvalue weighted by atomic mass is 10.3. The Hall–Kier alpha value is -3.55. The number of nitrogens with zero attached hydrogens (tertiary/aromatic N) is 6. The number of para-hydroxylation sites is 1. The minimum atomic E-state index is -1.09. The highest BCUT2D eigenvalue weighted by Gasteiger charge is 2.14. The Balaban J connectivity index is 1.89. The largest absolute Gasteiger partial charge is 0.476 e. The van der Waals surface area contributed by atoms with Crippen molar-refractivity contribution < 1.29 is 9.90 Å². The number of aromatic nitrogens is 6. The van der Waals surface area contributed by atoms with Crippen LogP contribution in [0.15, 0.2) is 55.1 Å². The quantitative estimate of drug-likeness (QED) is 0.618. The molecule has 0 saturated heterocycles. The summed E-state index contributed by atoms with van der Waals surface area (Å²) < 4.78 is 3.10. The smallest absolute Gasteiger partial charge is 0.356 e. The molecule has 0 fully saturated rings. The van der Waals surface area contributed by atoms with Crippen molar-refractivity contribution in [3.8, 4) is 11.5 Å². The highest BCUT2D eigenvalue weighted by molar-refractivity contribution is 5.86. The summed E-state index contributed by atoms with van der Waals surface area (Å²) in [5, 5.41) is 18.0. The molecule has 4 rings (SSSR count). The van der Waals surface area contributed by atoms with Crippen LogP contribution < -0.4 is 0 Å². The summed E-state index contributed by atoms with van der Waals surface area (Å²) in [4.78, 5) is 19.5. The van der Waals surface area contributed by atoms with Gasteiger partial charge in [0.2, 0.25) is 0 Å². The van der Waals surface area contributed by atoms with Gasteiger partial charge in [0.1, 0.15) is 6.33 Å². The second-order valence-electron chi connectivity index (χ2n) is 4.78. The van der Waals surface area contributed by atoms with Gasteiger partial charge in [-0.2, -0.15) is 10.2 Å². The molecule has 0 amide bonds. The summed E-state index contributed by atoms with van der Waals surface area (Å²) in [5.41, 5.74) is 1.44. The molecule has 0 aliphatic rings. The molecule has 23 heavy (non-hydrogen) atoms. The van der Waals surface area contributed by atoms with Gasteiger partial charge in [-0.25, -0.2) is 24.1 Å². The second kappa shape index (κ2) is 5.02. The summed E-state index contributed by atoms with van der Waals surface area (Å²) in [6.07, 6.45) is 4.59. The lowest BCUT2D eigenvalue weighted by Crippen LogP contribution is -2.04. The van der Waals surface area contributed by atoms with Crippen LogP contribution in [-0.4, -0.2) is 40.6 Å². The molecule has 1 aromatic carbocycles. The third-order valence-electron chi connectivity index (χ3n) is 3.37. The van der Waals surface area contributed by atoms with Gasteiger partial charge in [0, 0.05) is 6.20 Å². The van der Waals surface area contributed by atoms with Crippen LogP contribution in [0, 0.1) is 0 Å². The van der Waals surface area contributed by atoms with E-state index in [-0.39, 0.29) is 5.69 Å². The summed E-state index contributed by atoms with van der Waals surface area (Å²) in [6.45, 7) is 0. The van der Waals surface area contributed by atoms with Crippen molar-refractivity contribution >= 4 is 17.0 Å². The number of aromatic carboxylic acids is 1. The molecule has 112 valence electrons. The molecule has 0 unspecified atom stereocenters. The zero-order chi connectivity index (χ0) is 15.8. The van der Waals surface area contributed by atoms with Crippen molar-refractivity contribution in [2.75, 3.05) is 0 Å². The molecular weight excluding hydrogens is 296 g/mol. The molecule has 8 nitrogen and oxygen atoms in total. The van der Waals surface area contributed by atoms with Gasteiger partial charge < -0.3 is 5.11 Å². The third-order valence-corrected chi connectivity index (χ3v) is 3.37. The molecule has 0 bridgehead atoms. The van der Waals surface area contributed by atoms with Crippen LogP contribution in [0.3, 0.4) is 0 Å². The first-order valence-corrected chi connectivity index (χ1v) is 6.77. The molecule has 0 radical (unpaired) electrons. The van der Waals surface area contributed by atoms with Crippen molar-refractivity contribution in [3.05, 3.63) is 60.8 Å². The fourth-order valence-electron chi connectivity index (χ4n) is 2.33. The normalized spacial score (nSPS) is 11.0. The zero-order valence-electron chi connectivity index (χ0n) is 11.7. The third kappa shape index (κ3) is 2.13. The van der Waals surface area contributed by atoms with Crippen molar-refractivity contribution in [1.29, 1.82) is 0 Å². The van der Waals surface area contributed by atoms with E-state index in [2.05, 4.69) is 20.2 Å². The van der Waals surface area contributed by atoms with Crippen LogP contribution in [0.25, 0.3) is 22.5 Å². The van der Waals surface area contributed by atoms with Crippen molar-refractivity contribution in [3.63, 3.8) is 0 Å². The van der Waals surface area contributed by atoms with Crippen LogP contribution in [0.5, 0.6) is 0 Å². The van der Waals surface area contributed by atoms with Gasteiger partial charge in [-0.05, 0) is 18.2 Å². The van der Waals surface area contributed by atoms with E-state index in [0.29, 0.717) is 16.9 Å². The molecule has 0 aliphatic carbocycles. The van der Waals surface area contributed by atoms with E-state index in [9.17, 15) is 4.79 Å². The minimum absolute atomic E-state index is 0.0489. The Morgan fingerprint density at radius 1 is 1.09 bits per heavy atom. The van der Waals surface area contributed by atoms with E-state index in [1.54, 1.807) is 17.1 Å². The van der Waals surface area contributed by atoms with Crippen molar-refractivity contribution in [1.82, 2.24) is 29.5 Å². The summed E-state index contributed by atoms with van der Waals surface area (Å²) in [5.74, 6) is -0.612. The number of fused-ring (bicyclic) bond motifs is 1. The molecule has 4 aromatic rings. The minimum Gasteiger partial charge on any atom is -0.476 e. The maximum absolute atomic E-state index is 11.0. The monoisotopic (exact) mass is 306 g/mol. The first-order valence-electron chi connectivity index (χ1n) is 6.77. The number of hydrogen-bond donors (Lipinski definition) is 1. The molecule has 3 aromatic heterocycles. The average molecular weight is 306 g/mol. The van der Waals surface area contributed by atoms with Crippen LogP contribution in [-0.2, 0) is 0 Å². The predicted octanol–water partition coefficient (Wildman–Crippen LogP) is 1.70. The Morgan fingerprint density at radius 3 is 2.65 bits per heavy atom. The maximum Gasteiger partial charge on any atom is 0.356 e. The molecular formula is C15H10N6O2. The van der Waals surface area contributed by atoms with Gasteiger partial charge in [0.25, 0.3) is 0 Å². The molecule has 1 N–H and O–H groups in total. The van der Waals surface area contributed by atoms with E-state index in [1.165, 1.54) is 17.1 Å². The zero-order valence-corrected chi connectivity index (χ0v) is 11.7. The standard InChI is InChI=1S/C15H10N6O2/c22-15(23)12-6-7-20(19-12)13-11-8-18-21(14(11)17-9-16-13)10-4-2-1-3-5-10/h1-9H,(H,22,23). The van der Waals surface area contributed by atoms with E-state index in [4.69, 9.17) is 5.11 Å². The van der Waals surface area contributed by atoms with Gasteiger partial charge in [0.05, 0.1) is 17.3 Å². The van der Waals surface area contributed by atoms with Crippen LogP contribution in [0.4, 0.5) is 0 Å². The fraction of sp³-hybridized carbons (Fsp3) is 0. The van der Waals surface area contributed by atoms with E-state index in [0.717, 1.165) is 5.69 Å². The molecule has 0 atom stereocenters. The van der Waals surface area contributed by atoms with E-state index in [1.807, 2.05) is 30.3 Å². The Bertz CT molecular complexity index is 1010. The Labute approximate surface area is 129 Å². The molecule has 0 aliphatic heterocycles. The van der Waals surface area contributed by atoms with E-state index < -0.39 is 5.97 Å². The van der Waals surface area contributed by atoms with Crippen LogP contribution >= 0.6 is 0 Å². The molecule has 8 heteroatoms. The lowest BCUT2D eigenvalue weighted by molar-refractivity contribution is 0.0690. The van der Waals surface area contributed by atoms with Crippen LogP contribution in [0.2, 0.25) is 0 Å². The van der Waals surface area contributed by atoms with E-state index >= 15 is 0 Å². The SMILES string of the molecule is O=C(O)c1ccn(-c2ncnc3c2cnn3-c2ccccc2)n1. The number of benzene rings is 1. The fourth-order valence-corrected chi connectivity index (χ4v) is 2.33. The van der Waals surface area contributed by atoms with Crippen molar-refractivity contribution in [2.45, 2.75) is 0 Å². The number of hydrogen-bond acceptors (Lipinski definition) is 5. The maximum atomic E-state index is 11.0. The topological polar surface area (TPSA) is 98.7 Å². The number of rotatable bonds is 3. The first kappa shape index (κ1) is 13.1. The lowest BCUT2D eigenvalue weighted by Gasteiger charge is -2.04. The van der Waals surface area contributed by atoms with Gasteiger partial charge in [0.15, 0.2) is 17.2 Å². The van der Waals surface area contributed by atoms with Crippen LogP contribution in [0.1, 0.15) is 10.5 Å². The first-order chi connectivity index (χ1) is 11.2. The second-order valence-corrected chi connectivity index (χ2v) is 4.78.